The smallest absolute Gasteiger partial charge is 0.213 e. The van der Waals surface area contributed by atoms with Crippen molar-refractivity contribution in [2.75, 3.05) is 7.11 Å². The molecule has 0 bridgehead atoms. The van der Waals surface area contributed by atoms with Crippen LogP contribution in [0, 0.1) is 5.92 Å². The molecule has 40 heavy (non-hydrogen) atoms. The van der Waals surface area contributed by atoms with Gasteiger partial charge in [0.2, 0.25) is 5.88 Å². The zero-order valence-corrected chi connectivity index (χ0v) is 24.4. The number of hydrogen-bond acceptors (Lipinski definition) is 5. The summed E-state index contributed by atoms with van der Waals surface area (Å²) in [5, 5.41) is 9.81. The van der Waals surface area contributed by atoms with Crippen LogP contribution in [0.25, 0.3) is 11.1 Å². The standard InChI is InChI=1S/C35H43NO4/c1-23(37)20-32(25-6-7-25)26-18-19-36-34(21-26)40-29-14-12-28(13-15-29)39-33-22-30(38-5)16-17-31(33)24-8-10-27(11-9-24)35(2,3)4/h8-11,16-19,21-22,25,28-29,32,37H,1,6-7,12-15,20H2,2-5H3. The van der Waals surface area contributed by atoms with Crippen molar-refractivity contribution in [3.8, 4) is 28.5 Å². The van der Waals surface area contributed by atoms with Crippen LogP contribution in [0.1, 0.15) is 82.8 Å². The topological polar surface area (TPSA) is 60.8 Å². The number of aromatic nitrogens is 1. The molecule has 2 aliphatic carbocycles. The number of ether oxygens (including phenoxy) is 3. The van der Waals surface area contributed by atoms with Crippen LogP contribution in [0.5, 0.6) is 17.4 Å². The molecule has 5 rings (SSSR count). The third-order valence-electron chi connectivity index (χ3n) is 8.29. The molecule has 1 aromatic heterocycles. The Labute approximate surface area is 239 Å². The summed E-state index contributed by atoms with van der Waals surface area (Å²) in [4.78, 5) is 4.49. The number of methoxy groups -OCH3 is 1. The van der Waals surface area contributed by atoms with Crippen LogP contribution in [0.4, 0.5) is 0 Å². The van der Waals surface area contributed by atoms with Gasteiger partial charge in [-0.05, 0) is 90.7 Å². The normalized spacial score (nSPS) is 20.0. The Hall–Kier alpha value is -3.47. The summed E-state index contributed by atoms with van der Waals surface area (Å²) in [5.74, 6) is 3.47. The molecule has 5 heteroatoms. The number of allylic oxidation sites excluding steroid dienone is 1. The van der Waals surface area contributed by atoms with Crippen molar-refractivity contribution < 1.29 is 19.3 Å². The third-order valence-corrected chi connectivity index (χ3v) is 8.29. The number of benzene rings is 2. The summed E-state index contributed by atoms with van der Waals surface area (Å²) in [5.41, 5.74) is 4.83. The zero-order valence-electron chi connectivity index (χ0n) is 24.4. The van der Waals surface area contributed by atoms with Crippen LogP contribution in [0.3, 0.4) is 0 Å². The number of aliphatic hydroxyl groups excluding tert-OH is 1. The van der Waals surface area contributed by atoms with E-state index in [-0.39, 0.29) is 29.3 Å². The van der Waals surface area contributed by atoms with Gasteiger partial charge in [0, 0.05) is 30.3 Å². The highest BCUT2D eigenvalue weighted by Crippen LogP contribution is 2.46. The monoisotopic (exact) mass is 541 g/mol. The highest BCUT2D eigenvalue weighted by molar-refractivity contribution is 5.72. The van der Waals surface area contributed by atoms with Gasteiger partial charge in [-0.15, -0.1) is 0 Å². The minimum atomic E-state index is 0.114. The lowest BCUT2D eigenvalue weighted by Crippen LogP contribution is -2.30. The summed E-state index contributed by atoms with van der Waals surface area (Å²) in [6.07, 6.45) is 8.73. The van der Waals surface area contributed by atoms with Crippen molar-refractivity contribution >= 4 is 0 Å². The first-order valence-electron chi connectivity index (χ1n) is 14.6. The number of aliphatic hydroxyl groups is 1. The predicted molar refractivity (Wildman–Crippen MR) is 161 cm³/mol. The first-order valence-corrected chi connectivity index (χ1v) is 14.6. The van der Waals surface area contributed by atoms with E-state index in [1.165, 1.54) is 24.0 Å². The molecular weight excluding hydrogens is 498 g/mol. The molecule has 2 fully saturated rings. The largest absolute Gasteiger partial charge is 0.513 e. The molecular formula is C35H43NO4. The molecule has 0 amide bonds. The Morgan fingerprint density at radius 1 is 0.925 bits per heavy atom. The van der Waals surface area contributed by atoms with Gasteiger partial charge in [-0.25, -0.2) is 4.98 Å². The molecule has 1 heterocycles. The first kappa shape index (κ1) is 28.1. The highest BCUT2D eigenvalue weighted by atomic mass is 16.5. The lowest BCUT2D eigenvalue weighted by Gasteiger charge is -2.30. The number of hydrogen-bond donors (Lipinski definition) is 1. The van der Waals surface area contributed by atoms with Gasteiger partial charge in [-0.3, -0.25) is 0 Å². The van der Waals surface area contributed by atoms with E-state index in [9.17, 15) is 5.11 Å². The van der Waals surface area contributed by atoms with Crippen LogP contribution in [-0.2, 0) is 5.41 Å². The molecule has 0 aliphatic heterocycles. The maximum absolute atomic E-state index is 9.81. The molecule has 212 valence electrons. The second-order valence-electron chi connectivity index (χ2n) is 12.5. The van der Waals surface area contributed by atoms with E-state index in [4.69, 9.17) is 14.2 Å². The molecule has 3 aromatic rings. The van der Waals surface area contributed by atoms with Crippen molar-refractivity contribution in [2.24, 2.45) is 5.92 Å². The molecule has 1 N–H and O–H groups in total. The van der Waals surface area contributed by atoms with Crippen molar-refractivity contribution in [1.29, 1.82) is 0 Å². The van der Waals surface area contributed by atoms with Crippen LogP contribution < -0.4 is 14.2 Å². The average Bonchev–Trinajstić information content (AvgIpc) is 3.78. The fourth-order valence-corrected chi connectivity index (χ4v) is 5.76. The quantitative estimate of drug-likeness (QED) is 0.260. The van der Waals surface area contributed by atoms with Gasteiger partial charge in [0.15, 0.2) is 0 Å². The molecule has 2 aliphatic rings. The number of rotatable bonds is 10. The molecule has 1 unspecified atom stereocenters. The Morgan fingerprint density at radius 3 is 2.20 bits per heavy atom. The van der Waals surface area contributed by atoms with E-state index < -0.39 is 0 Å². The third kappa shape index (κ3) is 6.99. The Morgan fingerprint density at radius 2 is 1.60 bits per heavy atom. The zero-order chi connectivity index (χ0) is 28.3. The van der Waals surface area contributed by atoms with E-state index in [2.05, 4.69) is 68.7 Å². The maximum atomic E-state index is 9.81. The molecule has 1 atom stereocenters. The van der Waals surface area contributed by atoms with Crippen molar-refractivity contribution in [1.82, 2.24) is 4.98 Å². The van der Waals surface area contributed by atoms with E-state index in [0.717, 1.165) is 48.3 Å². The Balaban J connectivity index is 1.23. The summed E-state index contributed by atoms with van der Waals surface area (Å²) >= 11 is 0. The lowest BCUT2D eigenvalue weighted by molar-refractivity contribution is 0.0781. The van der Waals surface area contributed by atoms with Gasteiger partial charge in [0.05, 0.1) is 19.0 Å². The van der Waals surface area contributed by atoms with E-state index in [1.54, 1.807) is 7.11 Å². The Bertz CT molecular complexity index is 1300. The fourth-order valence-electron chi connectivity index (χ4n) is 5.76. The van der Waals surface area contributed by atoms with Crippen molar-refractivity contribution in [3.05, 3.63) is 84.3 Å². The second-order valence-corrected chi connectivity index (χ2v) is 12.5. The summed E-state index contributed by atoms with van der Waals surface area (Å²) in [6.45, 7) is 10.4. The van der Waals surface area contributed by atoms with Crippen LogP contribution in [-0.4, -0.2) is 29.4 Å². The molecule has 2 saturated carbocycles. The van der Waals surface area contributed by atoms with Gasteiger partial charge >= 0.3 is 0 Å². The minimum absolute atomic E-state index is 0.114. The molecule has 0 radical (unpaired) electrons. The fraction of sp³-hybridized carbons (Fsp3) is 0.457. The second kappa shape index (κ2) is 12.0. The summed E-state index contributed by atoms with van der Waals surface area (Å²) in [6, 6.07) is 19.0. The first-order chi connectivity index (χ1) is 19.2. The van der Waals surface area contributed by atoms with Gasteiger partial charge in [-0.1, -0.05) is 51.6 Å². The van der Waals surface area contributed by atoms with Gasteiger partial charge in [0.1, 0.15) is 17.6 Å². The summed E-state index contributed by atoms with van der Waals surface area (Å²) in [7, 11) is 1.69. The summed E-state index contributed by atoms with van der Waals surface area (Å²) < 4.78 is 18.5. The Kier molecular flexibility index (Phi) is 8.39. The molecule has 0 spiro atoms. The van der Waals surface area contributed by atoms with Crippen LogP contribution >= 0.6 is 0 Å². The van der Waals surface area contributed by atoms with Crippen LogP contribution in [0.2, 0.25) is 0 Å². The van der Waals surface area contributed by atoms with Crippen molar-refractivity contribution in [3.63, 3.8) is 0 Å². The predicted octanol–water partition coefficient (Wildman–Crippen LogP) is 8.78. The number of pyridine rings is 1. The van der Waals surface area contributed by atoms with E-state index >= 15 is 0 Å². The highest BCUT2D eigenvalue weighted by Gasteiger charge is 2.33. The molecule has 0 saturated heterocycles. The maximum Gasteiger partial charge on any atom is 0.213 e. The average molecular weight is 542 g/mol. The van der Waals surface area contributed by atoms with E-state index in [0.29, 0.717) is 18.2 Å². The SMILES string of the molecule is C=C(O)CC(c1ccnc(OC2CCC(Oc3cc(OC)ccc3-c3ccc(C(C)(C)C)cc3)CC2)c1)C1CC1. The van der Waals surface area contributed by atoms with Gasteiger partial charge in [0.25, 0.3) is 0 Å². The minimum Gasteiger partial charge on any atom is -0.513 e. The number of nitrogens with zero attached hydrogens (tertiary/aromatic N) is 1. The van der Waals surface area contributed by atoms with Crippen LogP contribution in [0.15, 0.2) is 73.1 Å². The molecule has 5 nitrogen and oxygen atoms in total. The van der Waals surface area contributed by atoms with Crippen molar-refractivity contribution in [2.45, 2.75) is 89.3 Å². The van der Waals surface area contributed by atoms with Gasteiger partial charge < -0.3 is 19.3 Å². The molecule has 2 aromatic carbocycles. The van der Waals surface area contributed by atoms with Gasteiger partial charge in [-0.2, -0.15) is 0 Å². The van der Waals surface area contributed by atoms with E-state index in [1.807, 2.05) is 24.4 Å². The lowest BCUT2D eigenvalue weighted by atomic mass is 9.86.